The Morgan fingerprint density at radius 3 is 2.46 bits per heavy atom. The van der Waals surface area contributed by atoms with Gasteiger partial charge in [-0.3, -0.25) is 0 Å². The van der Waals surface area contributed by atoms with E-state index in [0.717, 1.165) is 63.4 Å². The van der Waals surface area contributed by atoms with Crippen LogP contribution in [0.2, 0.25) is 0 Å². The Labute approximate surface area is 168 Å². The van der Waals surface area contributed by atoms with Crippen LogP contribution in [0.25, 0.3) is 0 Å². The lowest BCUT2D eigenvalue weighted by molar-refractivity contribution is 0.00705. The van der Waals surface area contributed by atoms with Crippen molar-refractivity contribution in [1.29, 1.82) is 0 Å². The molecule has 156 valence electrons. The lowest BCUT2D eigenvalue weighted by atomic mass is 10.1. The van der Waals surface area contributed by atoms with Crippen LogP contribution >= 0.6 is 0 Å². The molecule has 2 aliphatic rings. The molecule has 2 aliphatic heterocycles. The molecule has 6 heteroatoms. The van der Waals surface area contributed by atoms with Crippen LogP contribution in [0.3, 0.4) is 0 Å². The zero-order valence-corrected chi connectivity index (χ0v) is 17.6. The maximum absolute atomic E-state index is 12.7. The maximum atomic E-state index is 12.7. The topological polar surface area (TPSA) is 60.0 Å². The van der Waals surface area contributed by atoms with Crippen molar-refractivity contribution in [2.45, 2.75) is 64.2 Å². The van der Waals surface area contributed by atoms with Gasteiger partial charge in [0.05, 0.1) is 11.3 Å². The molecule has 1 aromatic carbocycles. The van der Waals surface area contributed by atoms with Crippen LogP contribution in [-0.4, -0.2) is 62.0 Å². The van der Waals surface area contributed by atoms with Gasteiger partial charge in [-0.1, -0.05) is 0 Å². The SMILES string of the molecule is CN1CCC(Oc2ccc(C(=O)OC(C)(C)C)c(NC3CCOCC3)c2)CC1. The number of hydrogen-bond acceptors (Lipinski definition) is 6. The van der Waals surface area contributed by atoms with Gasteiger partial charge in [-0.15, -0.1) is 0 Å². The molecule has 2 heterocycles. The van der Waals surface area contributed by atoms with Gasteiger partial charge in [-0.25, -0.2) is 4.79 Å². The van der Waals surface area contributed by atoms with Crippen molar-refractivity contribution >= 4 is 11.7 Å². The van der Waals surface area contributed by atoms with Gasteiger partial charge in [0.1, 0.15) is 17.5 Å². The van der Waals surface area contributed by atoms with E-state index in [4.69, 9.17) is 14.2 Å². The van der Waals surface area contributed by atoms with Crippen molar-refractivity contribution in [3.63, 3.8) is 0 Å². The van der Waals surface area contributed by atoms with Gasteiger partial charge in [0.25, 0.3) is 0 Å². The molecule has 0 radical (unpaired) electrons. The van der Waals surface area contributed by atoms with E-state index in [0.29, 0.717) is 5.56 Å². The second-order valence-electron chi connectivity index (χ2n) is 8.86. The highest BCUT2D eigenvalue weighted by atomic mass is 16.6. The number of piperidine rings is 1. The van der Waals surface area contributed by atoms with Gasteiger partial charge in [0, 0.05) is 38.4 Å². The van der Waals surface area contributed by atoms with Crippen molar-refractivity contribution in [1.82, 2.24) is 4.90 Å². The summed E-state index contributed by atoms with van der Waals surface area (Å²) in [4.78, 5) is 15.0. The minimum atomic E-state index is -0.531. The van der Waals surface area contributed by atoms with Crippen molar-refractivity contribution in [2.24, 2.45) is 0 Å². The van der Waals surface area contributed by atoms with Crippen molar-refractivity contribution < 1.29 is 19.0 Å². The number of likely N-dealkylation sites (tertiary alicyclic amines) is 1. The number of carbonyl (C=O) groups is 1. The maximum Gasteiger partial charge on any atom is 0.340 e. The zero-order chi connectivity index (χ0) is 20.1. The first-order valence-electron chi connectivity index (χ1n) is 10.4. The summed E-state index contributed by atoms with van der Waals surface area (Å²) in [5.74, 6) is 0.490. The number of nitrogens with one attached hydrogen (secondary N) is 1. The molecular formula is C22H34N2O4. The third-order valence-electron chi connectivity index (χ3n) is 5.16. The average molecular weight is 391 g/mol. The molecule has 28 heavy (non-hydrogen) atoms. The number of benzene rings is 1. The highest BCUT2D eigenvalue weighted by Gasteiger charge is 2.24. The Kier molecular flexibility index (Phi) is 6.83. The summed E-state index contributed by atoms with van der Waals surface area (Å²) in [7, 11) is 2.14. The summed E-state index contributed by atoms with van der Waals surface area (Å²) in [5.41, 5.74) is 0.805. The van der Waals surface area contributed by atoms with Crippen LogP contribution in [0.15, 0.2) is 18.2 Å². The average Bonchev–Trinajstić information content (AvgIpc) is 2.63. The second kappa shape index (κ2) is 9.14. The number of ether oxygens (including phenoxy) is 3. The van der Waals surface area contributed by atoms with Crippen LogP contribution in [0, 0.1) is 0 Å². The lowest BCUT2D eigenvalue weighted by Gasteiger charge is -2.30. The highest BCUT2D eigenvalue weighted by molar-refractivity contribution is 5.96. The third-order valence-corrected chi connectivity index (χ3v) is 5.16. The van der Waals surface area contributed by atoms with Crippen molar-refractivity contribution in [2.75, 3.05) is 38.7 Å². The number of rotatable bonds is 5. The molecule has 0 aromatic heterocycles. The second-order valence-corrected chi connectivity index (χ2v) is 8.86. The van der Waals surface area contributed by atoms with Gasteiger partial charge >= 0.3 is 5.97 Å². The Hall–Kier alpha value is -1.79. The molecule has 6 nitrogen and oxygen atoms in total. The predicted octanol–water partition coefficient (Wildman–Crippen LogP) is 3.71. The van der Waals surface area contributed by atoms with Crippen LogP contribution < -0.4 is 10.1 Å². The number of carbonyl (C=O) groups excluding carboxylic acids is 1. The molecule has 1 aromatic rings. The van der Waals surface area contributed by atoms with E-state index < -0.39 is 5.60 Å². The smallest absolute Gasteiger partial charge is 0.340 e. The summed E-state index contributed by atoms with van der Waals surface area (Å²) in [6.07, 6.45) is 4.11. The molecule has 0 bridgehead atoms. The van der Waals surface area contributed by atoms with E-state index in [1.54, 1.807) is 0 Å². The first-order valence-corrected chi connectivity index (χ1v) is 10.4. The van der Waals surface area contributed by atoms with E-state index in [1.165, 1.54) is 0 Å². The van der Waals surface area contributed by atoms with Crippen LogP contribution in [-0.2, 0) is 9.47 Å². The summed E-state index contributed by atoms with van der Waals surface area (Å²) in [6, 6.07) is 5.94. The first-order chi connectivity index (χ1) is 13.3. The standard InChI is InChI=1S/C22H34N2O4/c1-22(2,3)28-21(25)19-6-5-18(27-17-7-11-24(4)12-8-17)15-20(19)23-16-9-13-26-14-10-16/h5-6,15-17,23H,7-14H2,1-4H3. The van der Waals surface area contributed by atoms with Gasteiger partial charge in [-0.05, 0) is 65.6 Å². The Bertz CT molecular complexity index is 657. The molecule has 2 fully saturated rings. The highest BCUT2D eigenvalue weighted by Crippen LogP contribution is 2.29. The van der Waals surface area contributed by atoms with Crippen molar-refractivity contribution in [3.8, 4) is 5.75 Å². The van der Waals surface area contributed by atoms with Gasteiger partial charge in [0.2, 0.25) is 0 Å². The summed E-state index contributed by atoms with van der Waals surface area (Å²) < 4.78 is 17.3. The monoisotopic (exact) mass is 390 g/mol. The molecule has 0 unspecified atom stereocenters. The molecule has 2 saturated heterocycles. The number of hydrogen-bond donors (Lipinski definition) is 1. The van der Waals surface area contributed by atoms with E-state index in [2.05, 4.69) is 17.3 Å². The quantitative estimate of drug-likeness (QED) is 0.774. The van der Waals surface area contributed by atoms with E-state index in [1.807, 2.05) is 39.0 Å². The summed E-state index contributed by atoms with van der Waals surface area (Å²) in [5, 5.41) is 3.53. The fourth-order valence-corrected chi connectivity index (χ4v) is 3.58. The number of esters is 1. The summed E-state index contributed by atoms with van der Waals surface area (Å²) in [6.45, 7) is 9.23. The molecule has 3 rings (SSSR count). The molecule has 0 atom stereocenters. The van der Waals surface area contributed by atoms with Crippen molar-refractivity contribution in [3.05, 3.63) is 23.8 Å². The largest absolute Gasteiger partial charge is 0.490 e. The lowest BCUT2D eigenvalue weighted by Crippen LogP contribution is -2.35. The zero-order valence-electron chi connectivity index (χ0n) is 17.6. The Morgan fingerprint density at radius 1 is 1.14 bits per heavy atom. The Balaban J connectivity index is 1.77. The fraction of sp³-hybridized carbons (Fsp3) is 0.682. The van der Waals surface area contributed by atoms with E-state index in [-0.39, 0.29) is 18.1 Å². The number of anilines is 1. The minimum absolute atomic E-state index is 0.222. The molecule has 0 saturated carbocycles. The fourth-order valence-electron chi connectivity index (χ4n) is 3.58. The van der Waals surface area contributed by atoms with Crippen LogP contribution in [0.1, 0.15) is 56.8 Å². The minimum Gasteiger partial charge on any atom is -0.490 e. The van der Waals surface area contributed by atoms with Gasteiger partial charge in [0.15, 0.2) is 0 Å². The summed E-state index contributed by atoms with van der Waals surface area (Å²) >= 11 is 0. The first kappa shape index (κ1) is 20.9. The Morgan fingerprint density at radius 2 is 1.82 bits per heavy atom. The number of nitrogens with zero attached hydrogens (tertiary/aromatic N) is 1. The predicted molar refractivity (Wildman–Crippen MR) is 110 cm³/mol. The van der Waals surface area contributed by atoms with E-state index in [9.17, 15) is 4.79 Å². The van der Waals surface area contributed by atoms with Crippen LogP contribution in [0.4, 0.5) is 5.69 Å². The molecule has 1 N–H and O–H groups in total. The van der Waals surface area contributed by atoms with Gasteiger partial charge in [-0.2, -0.15) is 0 Å². The normalized spacial score (nSPS) is 20.0. The molecule has 0 spiro atoms. The molecule has 0 aliphatic carbocycles. The molecule has 0 amide bonds. The van der Waals surface area contributed by atoms with Gasteiger partial charge < -0.3 is 24.4 Å². The molecular weight excluding hydrogens is 356 g/mol. The third kappa shape index (κ3) is 6.11. The van der Waals surface area contributed by atoms with E-state index >= 15 is 0 Å². The van der Waals surface area contributed by atoms with Crippen LogP contribution in [0.5, 0.6) is 5.75 Å².